The van der Waals surface area contributed by atoms with Crippen molar-refractivity contribution in [1.82, 2.24) is 0 Å². The van der Waals surface area contributed by atoms with Crippen LogP contribution in [0.3, 0.4) is 0 Å². The average molecular weight is 1400 g/mol. The molecule has 0 bridgehead atoms. The first kappa shape index (κ1) is 93.0. The van der Waals surface area contributed by atoms with E-state index in [2.05, 4.69) is 76.3 Å². The highest BCUT2D eigenvalue weighted by molar-refractivity contribution is 7.47. The number of rotatable bonds is 74. The van der Waals surface area contributed by atoms with Crippen LogP contribution in [0.5, 0.6) is 0 Å². The van der Waals surface area contributed by atoms with Gasteiger partial charge in [-0.05, 0) is 103 Å². The minimum Gasteiger partial charge on any atom is -0.462 e. The van der Waals surface area contributed by atoms with Crippen LogP contribution in [0.25, 0.3) is 0 Å². The van der Waals surface area contributed by atoms with Gasteiger partial charge in [-0.1, -0.05) is 282 Å². The lowest BCUT2D eigenvalue weighted by atomic mass is 10.0. The predicted octanol–water partition coefficient (Wildman–Crippen LogP) is 22.1. The topological polar surface area (TPSA) is 237 Å². The minimum atomic E-state index is -4.97. The van der Waals surface area contributed by atoms with Gasteiger partial charge in [-0.2, -0.15) is 0 Å². The Kier molecular flexibility index (Phi) is 68.3. The summed E-state index contributed by atoms with van der Waals surface area (Å²) in [5.74, 6) is -2.18. The van der Waals surface area contributed by atoms with E-state index >= 15 is 0 Å². The lowest BCUT2D eigenvalue weighted by Crippen LogP contribution is -2.30. The third kappa shape index (κ3) is 69.5. The van der Waals surface area contributed by atoms with Crippen LogP contribution >= 0.6 is 15.6 Å². The van der Waals surface area contributed by atoms with Gasteiger partial charge in [0.15, 0.2) is 12.2 Å². The van der Waals surface area contributed by atoms with Gasteiger partial charge in [-0.3, -0.25) is 37.3 Å². The Morgan fingerprint density at radius 1 is 0.292 bits per heavy atom. The van der Waals surface area contributed by atoms with Gasteiger partial charge >= 0.3 is 39.5 Å². The SMILES string of the molecule is CCCCCC/C=C\C=C/CCCCCCCC(=O)O[C@H](COC(=O)CCCCCCCCCCCCCCC)COP(=O)(O)OC[C@@H](O)COP(=O)(O)OC[C@@H](COC(=O)CCCCCCC/C=C\CCCCCCCC)OC(=O)CCCCCCC/C=C\CCCCCC. The molecular formula is C77H142O17P2. The Morgan fingerprint density at radius 2 is 0.510 bits per heavy atom. The fraction of sp³-hybridized carbons (Fsp3) is 0.844. The molecule has 562 valence electrons. The van der Waals surface area contributed by atoms with Gasteiger partial charge < -0.3 is 33.8 Å². The number of aliphatic hydroxyl groups is 1. The van der Waals surface area contributed by atoms with E-state index in [1.54, 1.807) is 0 Å². The molecule has 0 spiro atoms. The predicted molar refractivity (Wildman–Crippen MR) is 390 cm³/mol. The smallest absolute Gasteiger partial charge is 0.462 e. The Bertz CT molecular complexity index is 2010. The van der Waals surface area contributed by atoms with E-state index in [4.69, 9.17) is 37.0 Å². The molecule has 0 amide bonds. The van der Waals surface area contributed by atoms with E-state index in [1.807, 2.05) is 0 Å². The van der Waals surface area contributed by atoms with Crippen LogP contribution in [0.2, 0.25) is 0 Å². The van der Waals surface area contributed by atoms with Crippen LogP contribution in [0, 0.1) is 0 Å². The normalized spacial score (nSPS) is 14.2. The molecule has 5 atom stereocenters. The second-order valence-corrected chi connectivity index (χ2v) is 29.2. The number of allylic oxidation sites excluding steroid dienone is 8. The van der Waals surface area contributed by atoms with Gasteiger partial charge in [0, 0.05) is 25.7 Å². The summed E-state index contributed by atoms with van der Waals surface area (Å²) in [6.07, 6.45) is 66.6. The molecule has 0 aromatic heterocycles. The molecule has 0 aromatic rings. The standard InChI is InChI=1S/C77H142O17P2/c1-5-9-13-17-21-25-29-33-35-39-42-46-50-54-58-62-75(80)88-68-72(93-76(81)63-59-55-51-47-43-38-32-28-24-20-16-12-8-4)69-91-95(83,84)89-65-71(78)66-90-96(85,86)92-70-73(67-87-74(79)61-57-53-49-45-41-37-31-27-23-19-15-11-7-3)94-77(82)64-60-56-52-48-44-40-36-34-30-26-22-18-14-10-6-2/h26,28,30,32-36,71-73,78H,5-25,27,29,31,37-70H2,1-4H3,(H,83,84)(H,85,86)/b30-26-,32-28-,35-33-,36-34-/t71-,72+,73+/m0/s1. The van der Waals surface area contributed by atoms with Gasteiger partial charge in [0.05, 0.1) is 26.4 Å². The molecule has 0 rings (SSSR count). The zero-order valence-corrected chi connectivity index (χ0v) is 63.1. The van der Waals surface area contributed by atoms with Gasteiger partial charge in [-0.25, -0.2) is 9.13 Å². The van der Waals surface area contributed by atoms with Crippen LogP contribution in [0.1, 0.15) is 362 Å². The highest BCUT2D eigenvalue weighted by Crippen LogP contribution is 2.45. The molecule has 17 nitrogen and oxygen atoms in total. The number of hydrogen-bond acceptors (Lipinski definition) is 15. The molecular weight excluding hydrogens is 1260 g/mol. The number of phosphoric ester groups is 2. The van der Waals surface area contributed by atoms with E-state index in [1.165, 1.54) is 148 Å². The molecule has 0 radical (unpaired) electrons. The zero-order chi connectivity index (χ0) is 70.4. The van der Waals surface area contributed by atoms with E-state index in [-0.39, 0.29) is 25.7 Å². The zero-order valence-electron chi connectivity index (χ0n) is 61.3. The fourth-order valence-corrected chi connectivity index (χ4v) is 12.4. The third-order valence-corrected chi connectivity index (χ3v) is 18.7. The van der Waals surface area contributed by atoms with Crippen molar-refractivity contribution in [3.05, 3.63) is 48.6 Å². The highest BCUT2D eigenvalue weighted by atomic mass is 31.2. The van der Waals surface area contributed by atoms with E-state index < -0.39 is 97.5 Å². The number of esters is 4. The first-order valence-corrected chi connectivity index (χ1v) is 41.9. The van der Waals surface area contributed by atoms with Gasteiger partial charge in [0.25, 0.3) is 0 Å². The molecule has 96 heavy (non-hydrogen) atoms. The number of carbonyl (C=O) groups is 4. The van der Waals surface area contributed by atoms with Gasteiger partial charge in [0.2, 0.25) is 0 Å². The summed E-state index contributed by atoms with van der Waals surface area (Å²) in [6.45, 7) is 4.86. The van der Waals surface area contributed by atoms with Crippen molar-refractivity contribution in [2.24, 2.45) is 0 Å². The summed E-state index contributed by atoms with van der Waals surface area (Å²) >= 11 is 0. The maximum atomic E-state index is 13.1. The van der Waals surface area contributed by atoms with Crippen molar-refractivity contribution < 1.29 is 80.2 Å². The number of phosphoric acid groups is 2. The summed E-state index contributed by atoms with van der Waals surface area (Å²) in [5.41, 5.74) is 0. The van der Waals surface area contributed by atoms with Crippen LogP contribution < -0.4 is 0 Å². The molecule has 0 aromatic carbocycles. The van der Waals surface area contributed by atoms with Crippen molar-refractivity contribution in [2.75, 3.05) is 39.6 Å². The first-order valence-electron chi connectivity index (χ1n) is 38.9. The molecule has 0 fully saturated rings. The summed E-state index contributed by atoms with van der Waals surface area (Å²) in [4.78, 5) is 72.8. The van der Waals surface area contributed by atoms with Crippen molar-refractivity contribution in [3.8, 4) is 0 Å². The molecule has 0 saturated carbocycles. The number of aliphatic hydroxyl groups excluding tert-OH is 1. The molecule has 0 aliphatic heterocycles. The quantitative estimate of drug-likeness (QED) is 0.0128. The minimum absolute atomic E-state index is 0.0832. The van der Waals surface area contributed by atoms with Crippen LogP contribution in [-0.2, 0) is 65.4 Å². The number of ether oxygens (including phenoxy) is 4. The molecule has 0 aliphatic rings. The highest BCUT2D eigenvalue weighted by Gasteiger charge is 2.30. The Labute approximate surface area is 585 Å². The van der Waals surface area contributed by atoms with Crippen molar-refractivity contribution in [3.63, 3.8) is 0 Å². The second-order valence-electron chi connectivity index (χ2n) is 26.3. The molecule has 2 unspecified atom stereocenters. The van der Waals surface area contributed by atoms with Gasteiger partial charge in [-0.15, -0.1) is 0 Å². The summed E-state index contributed by atoms with van der Waals surface area (Å²) in [7, 11) is -9.94. The molecule has 3 N–H and O–H groups in total. The van der Waals surface area contributed by atoms with E-state index in [0.717, 1.165) is 135 Å². The van der Waals surface area contributed by atoms with Crippen molar-refractivity contribution in [1.29, 1.82) is 0 Å². The van der Waals surface area contributed by atoms with Crippen molar-refractivity contribution in [2.45, 2.75) is 380 Å². The van der Waals surface area contributed by atoms with Crippen LogP contribution in [0.15, 0.2) is 48.6 Å². The molecule has 0 aliphatic carbocycles. The van der Waals surface area contributed by atoms with Crippen LogP contribution in [-0.4, -0.2) is 96.7 Å². The second kappa shape index (κ2) is 70.5. The number of unbranched alkanes of at least 4 members (excludes halogenated alkanes) is 41. The average Bonchev–Trinajstić information content (AvgIpc) is 1.29. The molecule has 0 heterocycles. The summed E-state index contributed by atoms with van der Waals surface area (Å²) < 4.78 is 68.5. The van der Waals surface area contributed by atoms with Crippen molar-refractivity contribution >= 4 is 39.5 Å². The number of carbonyl (C=O) groups excluding carboxylic acids is 4. The summed E-state index contributed by atoms with van der Waals surface area (Å²) in [5, 5.41) is 10.6. The van der Waals surface area contributed by atoms with Gasteiger partial charge in [0.1, 0.15) is 19.3 Å². The van der Waals surface area contributed by atoms with E-state index in [0.29, 0.717) is 25.7 Å². The number of hydrogen-bond donors (Lipinski definition) is 3. The van der Waals surface area contributed by atoms with Crippen LogP contribution in [0.4, 0.5) is 0 Å². The first-order chi connectivity index (χ1) is 46.7. The monoisotopic (exact) mass is 1400 g/mol. The maximum Gasteiger partial charge on any atom is 0.472 e. The largest absolute Gasteiger partial charge is 0.472 e. The molecule has 19 heteroatoms. The van der Waals surface area contributed by atoms with E-state index in [9.17, 15) is 43.2 Å². The maximum absolute atomic E-state index is 13.1. The lowest BCUT2D eigenvalue weighted by Gasteiger charge is -2.21. The lowest BCUT2D eigenvalue weighted by molar-refractivity contribution is -0.161. The Morgan fingerprint density at radius 3 is 0.792 bits per heavy atom. The Hall–Kier alpha value is -2.98. The Balaban J connectivity index is 5.33. The molecule has 0 saturated heterocycles. The summed E-state index contributed by atoms with van der Waals surface area (Å²) in [6, 6.07) is 0. The fourth-order valence-electron chi connectivity index (χ4n) is 10.8. The third-order valence-electron chi connectivity index (χ3n) is 16.8.